The lowest BCUT2D eigenvalue weighted by Crippen LogP contribution is -2.32. The summed E-state index contributed by atoms with van der Waals surface area (Å²) in [4.78, 5) is 37.9. The Balaban J connectivity index is 3.98. The maximum atomic E-state index is 11.3. The summed E-state index contributed by atoms with van der Waals surface area (Å²) < 4.78 is 0. The zero-order chi connectivity index (χ0) is 13.3. The lowest BCUT2D eigenvalue weighted by atomic mass is 10.1. The van der Waals surface area contributed by atoms with Gasteiger partial charge in [0.05, 0.1) is 0 Å². The van der Waals surface area contributed by atoms with E-state index in [1.807, 2.05) is 6.92 Å². The van der Waals surface area contributed by atoms with Gasteiger partial charge < -0.3 is 4.84 Å². The summed E-state index contributed by atoms with van der Waals surface area (Å²) in [5.41, 5.74) is 0. The van der Waals surface area contributed by atoms with Gasteiger partial charge in [-0.3, -0.25) is 9.59 Å². The first-order chi connectivity index (χ1) is 8.01. The highest BCUT2D eigenvalue weighted by atomic mass is 16.7. The number of imide groups is 1. The molecule has 0 rings (SSSR count). The molecule has 98 valence electrons. The highest BCUT2D eigenvalue weighted by Gasteiger charge is 2.16. The Labute approximate surface area is 102 Å². The fourth-order valence-corrected chi connectivity index (χ4v) is 1.27. The van der Waals surface area contributed by atoms with Crippen molar-refractivity contribution in [3.05, 3.63) is 0 Å². The van der Waals surface area contributed by atoms with Crippen LogP contribution in [0.25, 0.3) is 0 Å². The van der Waals surface area contributed by atoms with Crippen LogP contribution in [0.3, 0.4) is 0 Å². The van der Waals surface area contributed by atoms with Crippen LogP contribution < -0.4 is 0 Å². The molecule has 0 saturated heterocycles. The Kier molecular flexibility index (Phi) is 8.01. The summed E-state index contributed by atoms with van der Waals surface area (Å²) >= 11 is 0. The standard InChI is InChI=1S/C12H21NO4/c1-4-6-11(15)13(9-14)17-12(16)8-5-7-10(2)3/h9-10H,4-8H2,1-3H3. The molecule has 0 atom stereocenters. The molecule has 0 bridgehead atoms. The number of hydroxylamine groups is 2. The van der Waals surface area contributed by atoms with Gasteiger partial charge in [-0.1, -0.05) is 27.2 Å². The highest BCUT2D eigenvalue weighted by molar-refractivity contribution is 5.86. The molecule has 0 N–H and O–H groups in total. The molecule has 5 nitrogen and oxygen atoms in total. The van der Waals surface area contributed by atoms with Gasteiger partial charge in [0, 0.05) is 12.8 Å². The molecule has 0 unspecified atom stereocenters. The molecule has 0 heterocycles. The summed E-state index contributed by atoms with van der Waals surface area (Å²) in [6.45, 7) is 5.94. The predicted molar refractivity (Wildman–Crippen MR) is 62.6 cm³/mol. The third kappa shape index (κ3) is 7.49. The van der Waals surface area contributed by atoms with Crippen molar-refractivity contribution in [2.24, 2.45) is 5.92 Å². The Morgan fingerprint density at radius 2 is 1.94 bits per heavy atom. The van der Waals surface area contributed by atoms with Crippen molar-refractivity contribution in [2.75, 3.05) is 0 Å². The molecule has 0 aliphatic carbocycles. The first-order valence-electron chi connectivity index (χ1n) is 5.99. The van der Waals surface area contributed by atoms with Gasteiger partial charge in [0.1, 0.15) is 0 Å². The van der Waals surface area contributed by atoms with Crippen molar-refractivity contribution in [1.29, 1.82) is 0 Å². The quantitative estimate of drug-likeness (QED) is 0.507. The molecule has 2 amide bonds. The highest BCUT2D eigenvalue weighted by Crippen LogP contribution is 2.07. The Bertz CT molecular complexity index is 263. The van der Waals surface area contributed by atoms with Gasteiger partial charge in [-0.2, -0.15) is 0 Å². The first kappa shape index (κ1) is 15.6. The van der Waals surface area contributed by atoms with E-state index in [4.69, 9.17) is 0 Å². The van der Waals surface area contributed by atoms with Crippen molar-refractivity contribution in [3.63, 3.8) is 0 Å². The molecular formula is C12H21NO4. The number of hydrogen-bond acceptors (Lipinski definition) is 4. The smallest absolute Gasteiger partial charge is 0.331 e. The van der Waals surface area contributed by atoms with E-state index in [2.05, 4.69) is 18.7 Å². The van der Waals surface area contributed by atoms with E-state index >= 15 is 0 Å². The predicted octanol–water partition coefficient (Wildman–Crippen LogP) is 2.06. The molecule has 17 heavy (non-hydrogen) atoms. The number of hydrogen-bond donors (Lipinski definition) is 0. The molecule has 0 radical (unpaired) electrons. The Morgan fingerprint density at radius 1 is 1.29 bits per heavy atom. The SMILES string of the molecule is CCCC(=O)N(C=O)OC(=O)CCCC(C)C. The molecule has 0 aliphatic heterocycles. The summed E-state index contributed by atoms with van der Waals surface area (Å²) in [6, 6.07) is 0. The summed E-state index contributed by atoms with van der Waals surface area (Å²) in [6.07, 6.45) is 2.87. The molecule has 5 heteroatoms. The fourth-order valence-electron chi connectivity index (χ4n) is 1.27. The van der Waals surface area contributed by atoms with Gasteiger partial charge in [0.15, 0.2) is 0 Å². The van der Waals surface area contributed by atoms with Gasteiger partial charge in [-0.15, -0.1) is 5.06 Å². The van der Waals surface area contributed by atoms with Crippen LogP contribution in [-0.2, 0) is 19.2 Å². The van der Waals surface area contributed by atoms with Crippen LogP contribution in [0, 0.1) is 5.92 Å². The largest absolute Gasteiger partial charge is 0.333 e. The van der Waals surface area contributed by atoms with Crippen LogP contribution in [-0.4, -0.2) is 23.3 Å². The van der Waals surface area contributed by atoms with Gasteiger partial charge in [0.25, 0.3) is 12.3 Å². The fraction of sp³-hybridized carbons (Fsp3) is 0.750. The topological polar surface area (TPSA) is 63.7 Å². The van der Waals surface area contributed by atoms with Crippen LogP contribution in [0.4, 0.5) is 0 Å². The van der Waals surface area contributed by atoms with Gasteiger partial charge in [0.2, 0.25) is 0 Å². The Hall–Kier alpha value is -1.39. The number of rotatable bonds is 7. The maximum Gasteiger partial charge on any atom is 0.333 e. The van der Waals surface area contributed by atoms with E-state index in [1.54, 1.807) is 0 Å². The number of carbonyl (C=O) groups excluding carboxylic acids is 3. The van der Waals surface area contributed by atoms with E-state index in [9.17, 15) is 14.4 Å². The van der Waals surface area contributed by atoms with E-state index in [1.165, 1.54) is 0 Å². The third-order valence-corrected chi connectivity index (χ3v) is 2.17. The number of carbonyl (C=O) groups is 3. The van der Waals surface area contributed by atoms with E-state index in [0.29, 0.717) is 23.8 Å². The second kappa shape index (κ2) is 8.73. The van der Waals surface area contributed by atoms with Crippen molar-refractivity contribution in [2.45, 2.75) is 52.9 Å². The molecule has 0 aromatic rings. The zero-order valence-electron chi connectivity index (χ0n) is 10.8. The van der Waals surface area contributed by atoms with Gasteiger partial charge >= 0.3 is 5.97 Å². The van der Waals surface area contributed by atoms with Crippen molar-refractivity contribution in [1.82, 2.24) is 5.06 Å². The second-order valence-electron chi connectivity index (χ2n) is 4.32. The minimum absolute atomic E-state index is 0.192. The summed E-state index contributed by atoms with van der Waals surface area (Å²) in [5.74, 6) is -0.506. The van der Waals surface area contributed by atoms with E-state index in [-0.39, 0.29) is 19.3 Å². The number of amides is 2. The van der Waals surface area contributed by atoms with Crippen LogP contribution in [0.1, 0.15) is 52.9 Å². The lowest BCUT2D eigenvalue weighted by molar-refractivity contribution is -0.196. The summed E-state index contributed by atoms with van der Waals surface area (Å²) in [5, 5.41) is 0.487. The van der Waals surface area contributed by atoms with Crippen LogP contribution >= 0.6 is 0 Å². The first-order valence-corrected chi connectivity index (χ1v) is 5.99. The minimum Gasteiger partial charge on any atom is -0.331 e. The maximum absolute atomic E-state index is 11.3. The average molecular weight is 243 g/mol. The van der Waals surface area contributed by atoms with E-state index in [0.717, 1.165) is 6.42 Å². The summed E-state index contributed by atoms with van der Waals surface area (Å²) in [7, 11) is 0. The average Bonchev–Trinajstić information content (AvgIpc) is 2.25. The Morgan fingerprint density at radius 3 is 2.41 bits per heavy atom. The minimum atomic E-state index is -0.540. The van der Waals surface area contributed by atoms with Crippen molar-refractivity contribution < 1.29 is 19.2 Å². The molecule has 0 aromatic heterocycles. The molecule has 0 fully saturated rings. The van der Waals surface area contributed by atoms with Crippen molar-refractivity contribution in [3.8, 4) is 0 Å². The molecule has 0 saturated carbocycles. The van der Waals surface area contributed by atoms with Gasteiger partial charge in [-0.25, -0.2) is 4.79 Å². The van der Waals surface area contributed by atoms with Crippen LogP contribution in [0.5, 0.6) is 0 Å². The normalized spacial score (nSPS) is 10.1. The number of nitrogens with zero attached hydrogens (tertiary/aromatic N) is 1. The monoisotopic (exact) mass is 243 g/mol. The molecule has 0 aromatic carbocycles. The zero-order valence-corrected chi connectivity index (χ0v) is 10.8. The van der Waals surface area contributed by atoms with Gasteiger partial charge in [-0.05, 0) is 18.8 Å². The molecular weight excluding hydrogens is 222 g/mol. The van der Waals surface area contributed by atoms with Crippen molar-refractivity contribution >= 4 is 18.3 Å². The van der Waals surface area contributed by atoms with Crippen LogP contribution in [0.15, 0.2) is 0 Å². The van der Waals surface area contributed by atoms with E-state index < -0.39 is 11.9 Å². The molecule has 0 aliphatic rings. The van der Waals surface area contributed by atoms with Crippen LogP contribution in [0.2, 0.25) is 0 Å². The second-order valence-corrected chi connectivity index (χ2v) is 4.32. The molecule has 0 spiro atoms. The third-order valence-electron chi connectivity index (χ3n) is 2.17. The lowest BCUT2D eigenvalue weighted by Gasteiger charge is -2.13.